The molecule has 3 aromatic heterocycles. The van der Waals surface area contributed by atoms with Gasteiger partial charge >= 0.3 is 0 Å². The van der Waals surface area contributed by atoms with Gasteiger partial charge in [0.05, 0.1) is 6.33 Å². The molecule has 1 unspecified atom stereocenters. The number of sulfonamides is 1. The van der Waals surface area contributed by atoms with E-state index in [2.05, 4.69) is 15.1 Å². The van der Waals surface area contributed by atoms with E-state index in [0.717, 1.165) is 18.4 Å². The largest absolute Gasteiger partial charge is 0.339 e. The second-order valence-corrected chi connectivity index (χ2v) is 10.0. The van der Waals surface area contributed by atoms with Gasteiger partial charge in [0, 0.05) is 42.7 Å². The van der Waals surface area contributed by atoms with Crippen molar-refractivity contribution in [2.45, 2.75) is 44.2 Å². The Morgan fingerprint density at radius 2 is 2.25 bits per heavy atom. The third-order valence-corrected chi connectivity index (χ3v) is 7.40. The minimum Gasteiger partial charge on any atom is -0.339 e. The minimum atomic E-state index is -3.59. The Balaban J connectivity index is 1.45. The molecule has 28 heavy (non-hydrogen) atoms. The summed E-state index contributed by atoms with van der Waals surface area (Å²) in [6.07, 6.45) is 5.49. The molecule has 150 valence electrons. The maximum atomic E-state index is 13.0. The van der Waals surface area contributed by atoms with E-state index >= 15 is 0 Å². The van der Waals surface area contributed by atoms with Gasteiger partial charge in [0.1, 0.15) is 0 Å². The fourth-order valence-electron chi connectivity index (χ4n) is 3.37. The van der Waals surface area contributed by atoms with Crippen molar-refractivity contribution >= 4 is 21.4 Å². The summed E-state index contributed by atoms with van der Waals surface area (Å²) in [6.45, 7) is 4.93. The average molecular weight is 422 g/mol. The first kappa shape index (κ1) is 19.3. The van der Waals surface area contributed by atoms with Crippen LogP contribution in [0, 0.1) is 5.92 Å². The van der Waals surface area contributed by atoms with E-state index in [1.165, 1.54) is 4.31 Å². The Labute approximate surface area is 168 Å². The Morgan fingerprint density at radius 3 is 2.96 bits per heavy atom. The second kappa shape index (κ2) is 7.76. The van der Waals surface area contributed by atoms with Crippen molar-refractivity contribution in [3.05, 3.63) is 35.2 Å². The maximum absolute atomic E-state index is 13.0. The molecule has 0 aromatic carbocycles. The lowest BCUT2D eigenvalue weighted by molar-refractivity contribution is 0.246. The van der Waals surface area contributed by atoms with Crippen LogP contribution in [0.15, 0.2) is 38.9 Å². The smallest absolute Gasteiger partial charge is 0.262 e. The molecule has 0 spiro atoms. The number of hydrogen-bond acceptors (Lipinski definition) is 7. The zero-order valence-corrected chi connectivity index (χ0v) is 17.5. The summed E-state index contributed by atoms with van der Waals surface area (Å²) >= 11 is 1.58. The van der Waals surface area contributed by atoms with Crippen molar-refractivity contribution in [3.8, 4) is 11.4 Å². The number of piperidine rings is 1. The molecule has 8 nitrogen and oxygen atoms in total. The maximum Gasteiger partial charge on any atom is 0.262 e. The number of imidazole rings is 1. The van der Waals surface area contributed by atoms with E-state index in [-0.39, 0.29) is 17.0 Å². The summed E-state index contributed by atoms with van der Waals surface area (Å²) in [7, 11) is -3.59. The molecule has 0 amide bonds. The van der Waals surface area contributed by atoms with E-state index in [9.17, 15) is 8.42 Å². The molecule has 10 heteroatoms. The summed E-state index contributed by atoms with van der Waals surface area (Å²) in [6, 6.07) is 2.12. The van der Waals surface area contributed by atoms with Gasteiger partial charge in [0.25, 0.3) is 10.0 Å². The Morgan fingerprint density at radius 1 is 1.39 bits per heavy atom. The number of hydrogen-bond donors (Lipinski definition) is 0. The molecule has 4 heterocycles. The number of thiophene rings is 1. The topological polar surface area (TPSA) is 94.1 Å². The number of aromatic nitrogens is 4. The van der Waals surface area contributed by atoms with Crippen LogP contribution in [0.3, 0.4) is 0 Å². The van der Waals surface area contributed by atoms with Crippen molar-refractivity contribution in [3.63, 3.8) is 0 Å². The molecule has 0 bridgehead atoms. The molecule has 4 rings (SSSR count). The molecule has 0 N–H and O–H groups in total. The summed E-state index contributed by atoms with van der Waals surface area (Å²) in [4.78, 5) is 8.58. The normalized spacial score (nSPS) is 18.8. The van der Waals surface area contributed by atoms with Gasteiger partial charge in [-0.15, -0.1) is 0 Å². The van der Waals surface area contributed by atoms with Crippen molar-refractivity contribution in [2.75, 3.05) is 13.1 Å². The van der Waals surface area contributed by atoms with Crippen LogP contribution in [-0.2, 0) is 16.4 Å². The molecule has 0 aliphatic carbocycles. The average Bonchev–Trinajstić information content (AvgIpc) is 3.42. The van der Waals surface area contributed by atoms with Gasteiger partial charge in [-0.05, 0) is 44.1 Å². The lowest BCUT2D eigenvalue weighted by atomic mass is 9.96. The Bertz CT molecular complexity index is 1020. The highest BCUT2D eigenvalue weighted by Gasteiger charge is 2.32. The predicted molar refractivity (Wildman–Crippen MR) is 105 cm³/mol. The van der Waals surface area contributed by atoms with E-state index in [1.54, 1.807) is 28.4 Å². The monoisotopic (exact) mass is 421 g/mol. The Hall–Kier alpha value is -2.04. The summed E-state index contributed by atoms with van der Waals surface area (Å²) in [5.74, 6) is 1.27. The fraction of sp³-hybridized carbons (Fsp3) is 0.500. The molecule has 1 atom stereocenters. The molecular formula is C18H23N5O3S2. The fourth-order valence-corrected chi connectivity index (χ4v) is 5.48. The molecule has 1 aliphatic heterocycles. The van der Waals surface area contributed by atoms with E-state index in [4.69, 9.17) is 4.52 Å². The first-order chi connectivity index (χ1) is 13.4. The third-order valence-electron chi connectivity index (χ3n) is 4.97. The number of nitrogens with zero attached hydrogens (tertiary/aromatic N) is 5. The van der Waals surface area contributed by atoms with Gasteiger partial charge in [0.2, 0.25) is 11.7 Å². The van der Waals surface area contributed by atoms with Crippen LogP contribution in [-0.4, -0.2) is 45.5 Å². The van der Waals surface area contributed by atoms with Gasteiger partial charge in [-0.2, -0.15) is 20.6 Å². The Kier molecular flexibility index (Phi) is 5.35. The van der Waals surface area contributed by atoms with Crippen LogP contribution in [0.5, 0.6) is 0 Å². The van der Waals surface area contributed by atoms with Gasteiger partial charge < -0.3 is 9.09 Å². The van der Waals surface area contributed by atoms with Crippen LogP contribution >= 0.6 is 11.3 Å². The van der Waals surface area contributed by atoms with Gasteiger partial charge in [-0.25, -0.2) is 13.4 Å². The summed E-state index contributed by atoms with van der Waals surface area (Å²) in [5.41, 5.74) is 0.939. The van der Waals surface area contributed by atoms with E-state index < -0.39 is 10.0 Å². The summed E-state index contributed by atoms with van der Waals surface area (Å²) < 4.78 is 34.7. The zero-order valence-electron chi connectivity index (χ0n) is 15.9. The van der Waals surface area contributed by atoms with Crippen LogP contribution in [0.1, 0.15) is 38.6 Å². The molecule has 1 aliphatic rings. The van der Waals surface area contributed by atoms with Crippen LogP contribution in [0.25, 0.3) is 11.4 Å². The molecular weight excluding hydrogens is 398 g/mol. The highest BCUT2D eigenvalue weighted by Crippen LogP contribution is 2.26. The lowest BCUT2D eigenvalue weighted by Gasteiger charge is -2.30. The van der Waals surface area contributed by atoms with Gasteiger partial charge in [-0.3, -0.25) is 0 Å². The molecule has 3 aromatic rings. The van der Waals surface area contributed by atoms with E-state index in [0.29, 0.717) is 31.2 Å². The van der Waals surface area contributed by atoms with Crippen LogP contribution in [0.2, 0.25) is 0 Å². The minimum absolute atomic E-state index is 0.111. The highest BCUT2D eigenvalue weighted by molar-refractivity contribution is 7.89. The standard InChI is InChI=1S/C18H23N5O3S2/c1-13(2)22-10-17(19-12-22)28(24,25)23-6-3-4-14(9-23)8-16-20-18(21-26-16)15-5-7-27-11-15/h5,7,10-14H,3-4,6,8-9H2,1-2H3. The summed E-state index contributed by atoms with van der Waals surface area (Å²) in [5, 5.41) is 8.09. The third kappa shape index (κ3) is 3.89. The predicted octanol–water partition coefficient (Wildman–Crippen LogP) is 3.22. The first-order valence-electron chi connectivity index (χ1n) is 9.32. The molecule has 1 saturated heterocycles. The van der Waals surface area contributed by atoms with Crippen molar-refractivity contribution in [1.82, 2.24) is 24.0 Å². The quantitative estimate of drug-likeness (QED) is 0.607. The molecule has 0 saturated carbocycles. The SMILES string of the molecule is CC(C)n1cnc(S(=O)(=O)N2CCCC(Cc3nc(-c4ccsc4)no3)C2)c1. The van der Waals surface area contributed by atoms with E-state index in [1.807, 2.05) is 30.7 Å². The van der Waals surface area contributed by atoms with Crippen molar-refractivity contribution < 1.29 is 12.9 Å². The van der Waals surface area contributed by atoms with Gasteiger partial charge in [0.15, 0.2) is 5.03 Å². The second-order valence-electron chi connectivity index (χ2n) is 7.35. The first-order valence-corrected chi connectivity index (χ1v) is 11.7. The van der Waals surface area contributed by atoms with Gasteiger partial charge in [-0.1, -0.05) is 5.16 Å². The molecule has 0 radical (unpaired) electrons. The lowest BCUT2D eigenvalue weighted by Crippen LogP contribution is -2.40. The van der Waals surface area contributed by atoms with Crippen LogP contribution < -0.4 is 0 Å². The van der Waals surface area contributed by atoms with Crippen molar-refractivity contribution in [1.29, 1.82) is 0 Å². The van der Waals surface area contributed by atoms with Crippen LogP contribution in [0.4, 0.5) is 0 Å². The zero-order chi connectivity index (χ0) is 19.7. The molecule has 1 fully saturated rings. The van der Waals surface area contributed by atoms with Crippen molar-refractivity contribution in [2.24, 2.45) is 5.92 Å². The highest BCUT2D eigenvalue weighted by atomic mass is 32.2. The number of rotatable bonds is 6.